The first-order valence-corrected chi connectivity index (χ1v) is 5.81. The van der Waals surface area contributed by atoms with Crippen LogP contribution in [0.2, 0.25) is 5.02 Å². The lowest BCUT2D eigenvalue weighted by molar-refractivity contribution is 0.173. The number of H-pyrrole nitrogens is 1. The maximum atomic E-state index is 9.86. The van der Waals surface area contributed by atoms with Crippen LogP contribution in [-0.2, 0) is 6.42 Å². The van der Waals surface area contributed by atoms with E-state index in [1.807, 2.05) is 12.1 Å². The Bertz CT molecular complexity index is 475. The molecule has 0 saturated heterocycles. The molecule has 16 heavy (non-hydrogen) atoms. The zero-order valence-electron chi connectivity index (χ0n) is 8.19. The highest BCUT2D eigenvalue weighted by molar-refractivity contribution is 9.10. The van der Waals surface area contributed by atoms with Crippen LogP contribution < -0.4 is 0 Å². The van der Waals surface area contributed by atoms with E-state index in [9.17, 15) is 5.11 Å². The molecule has 1 atom stereocenters. The molecule has 2 rings (SSSR count). The normalized spacial score (nSPS) is 12.7. The Morgan fingerprint density at radius 1 is 1.50 bits per heavy atom. The zero-order valence-corrected chi connectivity index (χ0v) is 10.5. The van der Waals surface area contributed by atoms with Crippen LogP contribution >= 0.6 is 27.5 Å². The Kier molecular flexibility index (Phi) is 3.58. The summed E-state index contributed by atoms with van der Waals surface area (Å²) >= 11 is 9.38. The second-order valence-corrected chi connectivity index (χ2v) is 4.67. The first-order valence-electron chi connectivity index (χ1n) is 4.64. The molecular weight excluding hydrogens is 293 g/mol. The van der Waals surface area contributed by atoms with Crippen molar-refractivity contribution < 1.29 is 5.11 Å². The van der Waals surface area contributed by atoms with E-state index in [1.54, 1.807) is 6.07 Å². The van der Waals surface area contributed by atoms with Crippen molar-refractivity contribution in [2.24, 2.45) is 0 Å². The summed E-state index contributed by atoms with van der Waals surface area (Å²) in [6, 6.07) is 5.55. The molecular formula is C10H9BrClN3O. The van der Waals surface area contributed by atoms with Gasteiger partial charge in [-0.05, 0) is 17.7 Å². The van der Waals surface area contributed by atoms with Crippen molar-refractivity contribution in [1.29, 1.82) is 0 Å². The average molecular weight is 303 g/mol. The van der Waals surface area contributed by atoms with Crippen LogP contribution in [0.25, 0.3) is 0 Å². The molecule has 0 spiro atoms. The fourth-order valence-corrected chi connectivity index (χ4v) is 2.12. The number of hydrogen-bond acceptors (Lipinski definition) is 3. The van der Waals surface area contributed by atoms with Crippen LogP contribution in [0.4, 0.5) is 0 Å². The van der Waals surface area contributed by atoms with Gasteiger partial charge in [-0.15, -0.1) is 0 Å². The molecule has 6 heteroatoms. The number of aliphatic hydroxyl groups is 1. The number of halogens is 2. The molecule has 0 saturated carbocycles. The summed E-state index contributed by atoms with van der Waals surface area (Å²) in [5.41, 5.74) is 1.39. The maximum Gasteiger partial charge on any atom is 0.111 e. The number of rotatable bonds is 3. The molecule has 0 bridgehead atoms. The van der Waals surface area contributed by atoms with E-state index >= 15 is 0 Å². The monoisotopic (exact) mass is 301 g/mol. The van der Waals surface area contributed by atoms with Gasteiger partial charge in [-0.3, -0.25) is 0 Å². The predicted octanol–water partition coefficient (Wildman–Crippen LogP) is 2.50. The Labute approximate surface area is 106 Å². The van der Waals surface area contributed by atoms with Crippen molar-refractivity contribution in [3.05, 3.63) is 45.1 Å². The fraction of sp³-hybridized carbons (Fsp3) is 0.200. The van der Waals surface area contributed by atoms with Crippen LogP contribution in [0.15, 0.2) is 28.9 Å². The summed E-state index contributed by atoms with van der Waals surface area (Å²) in [5, 5.41) is 20.4. The largest absolute Gasteiger partial charge is 0.386 e. The first kappa shape index (κ1) is 11.6. The van der Waals surface area contributed by atoms with E-state index in [0.29, 0.717) is 17.1 Å². The van der Waals surface area contributed by atoms with Crippen LogP contribution in [0.1, 0.15) is 17.4 Å². The minimum absolute atomic E-state index is 0.415. The van der Waals surface area contributed by atoms with Crippen LogP contribution in [0.3, 0.4) is 0 Å². The third kappa shape index (κ3) is 2.61. The van der Waals surface area contributed by atoms with Crippen molar-refractivity contribution in [2.75, 3.05) is 0 Å². The molecule has 1 aromatic heterocycles. The Hall–Kier alpha value is -0.910. The third-order valence-corrected chi connectivity index (χ3v) is 3.05. The summed E-state index contributed by atoms with van der Waals surface area (Å²) in [5.74, 6) is 0. The molecule has 84 valence electrons. The average Bonchev–Trinajstić information content (AvgIpc) is 2.75. The van der Waals surface area contributed by atoms with Crippen molar-refractivity contribution in [2.45, 2.75) is 12.5 Å². The molecule has 2 N–H and O–H groups in total. The van der Waals surface area contributed by atoms with E-state index in [4.69, 9.17) is 11.6 Å². The first-order chi connectivity index (χ1) is 7.66. The summed E-state index contributed by atoms with van der Waals surface area (Å²) in [6.45, 7) is 0. The minimum atomic E-state index is -0.697. The van der Waals surface area contributed by atoms with Gasteiger partial charge in [0.25, 0.3) is 0 Å². The Morgan fingerprint density at radius 3 is 2.94 bits per heavy atom. The standard InChI is InChI=1S/C10H9BrClN3O/c11-7-2-1-6(8(12)4-7)3-10(16)9-5-13-15-14-9/h1-2,4-5,10,16H,3H2,(H,13,14,15). The van der Waals surface area contributed by atoms with Crippen LogP contribution in [0.5, 0.6) is 0 Å². The van der Waals surface area contributed by atoms with Crippen molar-refractivity contribution in [1.82, 2.24) is 15.4 Å². The van der Waals surface area contributed by atoms with Gasteiger partial charge in [-0.1, -0.05) is 33.6 Å². The van der Waals surface area contributed by atoms with Crippen molar-refractivity contribution in [3.63, 3.8) is 0 Å². The van der Waals surface area contributed by atoms with Crippen LogP contribution in [0, 0.1) is 0 Å². The van der Waals surface area contributed by atoms with E-state index in [0.717, 1.165) is 10.0 Å². The van der Waals surface area contributed by atoms with Gasteiger partial charge >= 0.3 is 0 Å². The van der Waals surface area contributed by atoms with Gasteiger partial charge in [0.1, 0.15) is 11.8 Å². The number of nitrogens with zero attached hydrogens (tertiary/aromatic N) is 2. The van der Waals surface area contributed by atoms with E-state index in [-0.39, 0.29) is 0 Å². The molecule has 0 aliphatic rings. The summed E-state index contributed by atoms with van der Waals surface area (Å²) < 4.78 is 0.914. The van der Waals surface area contributed by atoms with Gasteiger partial charge in [0.15, 0.2) is 0 Å². The molecule has 0 amide bonds. The smallest absolute Gasteiger partial charge is 0.111 e. The van der Waals surface area contributed by atoms with Crippen molar-refractivity contribution >= 4 is 27.5 Å². The van der Waals surface area contributed by atoms with Crippen molar-refractivity contribution in [3.8, 4) is 0 Å². The van der Waals surface area contributed by atoms with Gasteiger partial charge in [0, 0.05) is 15.9 Å². The quantitative estimate of drug-likeness (QED) is 0.915. The molecule has 0 aliphatic heterocycles. The molecule has 0 fully saturated rings. The number of aromatic nitrogens is 3. The van der Waals surface area contributed by atoms with Gasteiger partial charge in [0.05, 0.1) is 6.20 Å². The molecule has 0 radical (unpaired) electrons. The highest BCUT2D eigenvalue weighted by Gasteiger charge is 2.13. The summed E-state index contributed by atoms with van der Waals surface area (Å²) in [4.78, 5) is 0. The lowest BCUT2D eigenvalue weighted by atomic mass is 10.1. The maximum absolute atomic E-state index is 9.86. The Morgan fingerprint density at radius 2 is 2.31 bits per heavy atom. The third-order valence-electron chi connectivity index (χ3n) is 2.20. The molecule has 1 heterocycles. The number of nitrogens with one attached hydrogen (secondary N) is 1. The summed E-state index contributed by atoms with van der Waals surface area (Å²) in [6.07, 6.45) is 1.22. The van der Waals surface area contributed by atoms with E-state index < -0.39 is 6.10 Å². The van der Waals surface area contributed by atoms with Gasteiger partial charge < -0.3 is 5.11 Å². The van der Waals surface area contributed by atoms with E-state index in [2.05, 4.69) is 31.3 Å². The fourth-order valence-electron chi connectivity index (χ4n) is 1.37. The molecule has 2 aromatic rings. The second-order valence-electron chi connectivity index (χ2n) is 3.35. The Balaban J connectivity index is 2.15. The number of benzene rings is 1. The molecule has 0 aliphatic carbocycles. The van der Waals surface area contributed by atoms with Gasteiger partial charge in [-0.2, -0.15) is 15.4 Å². The molecule has 1 aromatic carbocycles. The second kappa shape index (κ2) is 4.95. The lowest BCUT2D eigenvalue weighted by Gasteiger charge is -2.09. The molecule has 4 nitrogen and oxygen atoms in total. The highest BCUT2D eigenvalue weighted by atomic mass is 79.9. The van der Waals surface area contributed by atoms with Gasteiger partial charge in [0.2, 0.25) is 0 Å². The van der Waals surface area contributed by atoms with E-state index in [1.165, 1.54) is 6.20 Å². The predicted molar refractivity (Wildman–Crippen MR) is 64.2 cm³/mol. The zero-order chi connectivity index (χ0) is 11.5. The summed E-state index contributed by atoms with van der Waals surface area (Å²) in [7, 11) is 0. The lowest BCUT2D eigenvalue weighted by Crippen LogP contribution is -2.02. The number of aromatic amines is 1. The van der Waals surface area contributed by atoms with Crippen LogP contribution in [-0.4, -0.2) is 20.5 Å². The number of aliphatic hydroxyl groups excluding tert-OH is 1. The SMILES string of the molecule is OC(Cc1ccc(Br)cc1Cl)c1cn[nH]n1. The topological polar surface area (TPSA) is 61.8 Å². The van der Waals surface area contributed by atoms with Gasteiger partial charge in [-0.25, -0.2) is 0 Å². The molecule has 1 unspecified atom stereocenters. The number of hydrogen-bond donors (Lipinski definition) is 2. The minimum Gasteiger partial charge on any atom is -0.386 e. The highest BCUT2D eigenvalue weighted by Crippen LogP contribution is 2.25.